The summed E-state index contributed by atoms with van der Waals surface area (Å²) >= 11 is 0. The van der Waals surface area contributed by atoms with Crippen molar-refractivity contribution < 1.29 is 9.53 Å². The fraction of sp³-hybridized carbons (Fsp3) is 0.533. The number of urea groups is 1. The fourth-order valence-electron chi connectivity index (χ4n) is 2.49. The van der Waals surface area contributed by atoms with E-state index in [1.165, 1.54) is 5.56 Å². The topological polar surface area (TPSA) is 41.6 Å². The summed E-state index contributed by atoms with van der Waals surface area (Å²) in [5, 5.41) is 2.98. The molecule has 1 aliphatic rings. The number of ether oxygens (including phenoxy) is 1. The average Bonchev–Trinajstić information content (AvgIpc) is 2.31. The third kappa shape index (κ3) is 3.47. The molecular formula is C15H22N2O2. The first-order valence-corrected chi connectivity index (χ1v) is 6.74. The van der Waals surface area contributed by atoms with Gasteiger partial charge in [-0.1, -0.05) is 17.7 Å². The van der Waals surface area contributed by atoms with Gasteiger partial charge in [0.05, 0.1) is 12.2 Å². The van der Waals surface area contributed by atoms with E-state index in [0.29, 0.717) is 13.1 Å². The van der Waals surface area contributed by atoms with Crippen LogP contribution in [-0.2, 0) is 4.74 Å². The summed E-state index contributed by atoms with van der Waals surface area (Å²) in [6.45, 7) is 9.32. The molecule has 4 heteroatoms. The van der Waals surface area contributed by atoms with Gasteiger partial charge >= 0.3 is 6.03 Å². The molecular weight excluding hydrogens is 240 g/mol. The lowest BCUT2D eigenvalue weighted by Crippen LogP contribution is -2.49. The van der Waals surface area contributed by atoms with Crippen molar-refractivity contribution in [3.05, 3.63) is 29.3 Å². The van der Waals surface area contributed by atoms with Crippen molar-refractivity contribution >= 4 is 11.7 Å². The number of benzene rings is 1. The van der Waals surface area contributed by atoms with E-state index in [0.717, 1.165) is 11.3 Å². The van der Waals surface area contributed by atoms with Gasteiger partial charge in [0.15, 0.2) is 0 Å². The Kier molecular flexibility index (Phi) is 4.10. The van der Waals surface area contributed by atoms with Crippen molar-refractivity contribution in [2.45, 2.75) is 39.9 Å². The van der Waals surface area contributed by atoms with Gasteiger partial charge in [0.1, 0.15) is 0 Å². The van der Waals surface area contributed by atoms with Gasteiger partial charge in [-0.05, 0) is 39.3 Å². The Balaban J connectivity index is 2.04. The first-order chi connectivity index (χ1) is 8.95. The molecule has 1 N–H and O–H groups in total. The van der Waals surface area contributed by atoms with Crippen molar-refractivity contribution in [3.8, 4) is 0 Å². The van der Waals surface area contributed by atoms with Crippen LogP contribution < -0.4 is 5.32 Å². The quantitative estimate of drug-likeness (QED) is 0.845. The van der Waals surface area contributed by atoms with Crippen molar-refractivity contribution in [1.82, 2.24) is 4.90 Å². The number of aryl methyl sites for hydroxylation is 2. The number of hydrogen-bond donors (Lipinski definition) is 1. The lowest BCUT2D eigenvalue weighted by atomic mass is 10.1. The number of hydrogen-bond acceptors (Lipinski definition) is 2. The number of amides is 2. The summed E-state index contributed by atoms with van der Waals surface area (Å²) in [7, 11) is 0. The zero-order valence-electron chi connectivity index (χ0n) is 12.1. The van der Waals surface area contributed by atoms with Crippen LogP contribution in [0.25, 0.3) is 0 Å². The smallest absolute Gasteiger partial charge is 0.322 e. The molecule has 1 aromatic carbocycles. The van der Waals surface area contributed by atoms with E-state index in [1.54, 1.807) is 0 Å². The number of carbonyl (C=O) groups excluding carboxylic acids is 1. The molecule has 0 aromatic heterocycles. The number of anilines is 1. The predicted molar refractivity (Wildman–Crippen MR) is 76.5 cm³/mol. The van der Waals surface area contributed by atoms with E-state index in [1.807, 2.05) is 44.7 Å². The predicted octanol–water partition coefficient (Wildman–Crippen LogP) is 2.94. The van der Waals surface area contributed by atoms with Gasteiger partial charge in [0.25, 0.3) is 0 Å². The van der Waals surface area contributed by atoms with Gasteiger partial charge in [0, 0.05) is 18.8 Å². The molecule has 1 aliphatic heterocycles. The Morgan fingerprint density at radius 1 is 1.26 bits per heavy atom. The molecule has 19 heavy (non-hydrogen) atoms. The van der Waals surface area contributed by atoms with Crippen LogP contribution in [0.1, 0.15) is 25.0 Å². The summed E-state index contributed by atoms with van der Waals surface area (Å²) in [5.41, 5.74) is 3.16. The van der Waals surface area contributed by atoms with Crippen LogP contribution in [0.5, 0.6) is 0 Å². The summed E-state index contributed by atoms with van der Waals surface area (Å²) in [5.74, 6) is 0. The summed E-state index contributed by atoms with van der Waals surface area (Å²) in [6, 6.07) is 5.98. The monoisotopic (exact) mass is 262 g/mol. The molecule has 2 atom stereocenters. The average molecular weight is 262 g/mol. The normalized spacial score (nSPS) is 23.3. The van der Waals surface area contributed by atoms with Gasteiger partial charge in [-0.3, -0.25) is 0 Å². The Bertz CT molecular complexity index is 463. The third-order valence-electron chi connectivity index (χ3n) is 3.33. The molecule has 0 bridgehead atoms. The maximum Gasteiger partial charge on any atom is 0.322 e. The van der Waals surface area contributed by atoms with Crippen LogP contribution in [-0.4, -0.2) is 36.2 Å². The van der Waals surface area contributed by atoms with Crippen molar-refractivity contribution in [2.75, 3.05) is 18.4 Å². The number of nitrogens with one attached hydrogen (secondary N) is 1. The van der Waals surface area contributed by atoms with Gasteiger partial charge in [-0.15, -0.1) is 0 Å². The maximum atomic E-state index is 12.3. The van der Waals surface area contributed by atoms with Crippen LogP contribution in [0.3, 0.4) is 0 Å². The van der Waals surface area contributed by atoms with Crippen LogP contribution in [0, 0.1) is 13.8 Å². The van der Waals surface area contributed by atoms with E-state index < -0.39 is 0 Å². The SMILES string of the molecule is Cc1ccc(NC(=O)N2CC(C)OC(C)C2)c(C)c1. The highest BCUT2D eigenvalue weighted by molar-refractivity contribution is 5.90. The maximum absolute atomic E-state index is 12.3. The molecule has 1 heterocycles. The zero-order valence-corrected chi connectivity index (χ0v) is 12.1. The second-order valence-corrected chi connectivity index (χ2v) is 5.41. The first kappa shape index (κ1) is 13.9. The molecule has 1 fully saturated rings. The molecule has 1 saturated heterocycles. The minimum atomic E-state index is -0.0473. The van der Waals surface area contributed by atoms with E-state index >= 15 is 0 Å². The van der Waals surface area contributed by atoms with Crippen LogP contribution >= 0.6 is 0 Å². The van der Waals surface area contributed by atoms with Crippen LogP contribution in [0.15, 0.2) is 18.2 Å². The number of carbonyl (C=O) groups is 1. The molecule has 2 unspecified atom stereocenters. The Morgan fingerprint density at radius 2 is 1.89 bits per heavy atom. The number of morpholine rings is 1. The molecule has 1 aromatic rings. The zero-order chi connectivity index (χ0) is 14.0. The molecule has 2 rings (SSSR count). The van der Waals surface area contributed by atoms with Crippen LogP contribution in [0.2, 0.25) is 0 Å². The van der Waals surface area contributed by atoms with Gasteiger partial charge in [0.2, 0.25) is 0 Å². The fourth-order valence-corrected chi connectivity index (χ4v) is 2.49. The summed E-state index contributed by atoms with van der Waals surface area (Å²) in [6.07, 6.45) is 0.183. The van der Waals surface area contributed by atoms with Gasteiger partial charge in [-0.25, -0.2) is 4.79 Å². The number of rotatable bonds is 1. The highest BCUT2D eigenvalue weighted by Gasteiger charge is 2.25. The van der Waals surface area contributed by atoms with E-state index in [-0.39, 0.29) is 18.2 Å². The molecule has 104 valence electrons. The van der Waals surface area contributed by atoms with Crippen molar-refractivity contribution in [1.29, 1.82) is 0 Å². The molecule has 0 aliphatic carbocycles. The minimum absolute atomic E-state index is 0.0473. The van der Waals surface area contributed by atoms with Gasteiger partial charge in [-0.2, -0.15) is 0 Å². The van der Waals surface area contributed by atoms with Crippen molar-refractivity contribution in [2.24, 2.45) is 0 Å². The molecule has 0 spiro atoms. The molecule has 2 amide bonds. The van der Waals surface area contributed by atoms with Crippen molar-refractivity contribution in [3.63, 3.8) is 0 Å². The highest BCUT2D eigenvalue weighted by atomic mass is 16.5. The molecule has 4 nitrogen and oxygen atoms in total. The van der Waals surface area contributed by atoms with E-state index in [4.69, 9.17) is 4.74 Å². The van der Waals surface area contributed by atoms with Gasteiger partial charge < -0.3 is 15.0 Å². The number of nitrogens with zero attached hydrogens (tertiary/aromatic N) is 1. The highest BCUT2D eigenvalue weighted by Crippen LogP contribution is 2.18. The summed E-state index contributed by atoms with van der Waals surface area (Å²) in [4.78, 5) is 14.1. The lowest BCUT2D eigenvalue weighted by molar-refractivity contribution is -0.0530. The Labute approximate surface area is 114 Å². The third-order valence-corrected chi connectivity index (χ3v) is 3.33. The first-order valence-electron chi connectivity index (χ1n) is 6.74. The van der Waals surface area contributed by atoms with Crippen LogP contribution in [0.4, 0.5) is 10.5 Å². The lowest BCUT2D eigenvalue weighted by Gasteiger charge is -2.35. The Morgan fingerprint density at radius 3 is 2.47 bits per heavy atom. The van der Waals surface area contributed by atoms with E-state index in [9.17, 15) is 4.79 Å². The van der Waals surface area contributed by atoms with E-state index in [2.05, 4.69) is 11.4 Å². The summed E-state index contributed by atoms with van der Waals surface area (Å²) < 4.78 is 5.63. The largest absolute Gasteiger partial charge is 0.372 e. The second-order valence-electron chi connectivity index (χ2n) is 5.41. The second kappa shape index (κ2) is 5.61. The standard InChI is InChI=1S/C15H22N2O2/c1-10-5-6-14(11(2)7-10)16-15(18)17-8-12(3)19-13(4)9-17/h5-7,12-13H,8-9H2,1-4H3,(H,16,18). The molecule has 0 saturated carbocycles. The molecule has 0 radical (unpaired) electrons. The minimum Gasteiger partial charge on any atom is -0.372 e. The Hall–Kier alpha value is -1.55.